The van der Waals surface area contributed by atoms with Gasteiger partial charge in [-0.1, -0.05) is 36.4 Å². The molecule has 0 aliphatic rings. The van der Waals surface area contributed by atoms with Crippen LogP contribution < -0.4 is 0 Å². The lowest BCUT2D eigenvalue weighted by molar-refractivity contribution is 1.50. The van der Waals surface area contributed by atoms with Crippen LogP contribution in [0.1, 0.15) is 0 Å². The normalized spacial score (nSPS) is 12.1. The zero-order valence-corrected chi connectivity index (χ0v) is 10.6. The second-order valence-corrected chi connectivity index (χ2v) is 5.06. The molecule has 4 rings (SSSR count). The molecule has 4 aromatic rings. The summed E-state index contributed by atoms with van der Waals surface area (Å²) in [6.07, 6.45) is 0. The maximum atomic E-state index is 2.38. The molecular formula is C14H8IN. The first-order valence-corrected chi connectivity index (χ1v) is 6.23. The van der Waals surface area contributed by atoms with Crippen LogP contribution in [0.25, 0.3) is 32.6 Å². The highest BCUT2D eigenvalue weighted by atomic mass is 127. The molecule has 0 amide bonds. The molecule has 0 spiro atoms. The molecule has 0 N–H and O–H groups in total. The average molecular weight is 317 g/mol. The van der Waals surface area contributed by atoms with Crippen LogP contribution in [0.2, 0.25) is 0 Å². The molecule has 1 heterocycles. The van der Waals surface area contributed by atoms with Gasteiger partial charge in [0.15, 0.2) is 0 Å². The molecule has 0 aliphatic heterocycles. The van der Waals surface area contributed by atoms with Gasteiger partial charge in [0.05, 0.1) is 33.9 Å². The molecule has 0 unspecified atom stereocenters. The lowest BCUT2D eigenvalue weighted by Gasteiger charge is -2.00. The fraction of sp³-hybridized carbons (Fsp3) is 0. The molecule has 76 valence electrons. The summed E-state index contributed by atoms with van der Waals surface area (Å²) in [5.41, 5.74) is 2.62. The summed E-state index contributed by atoms with van der Waals surface area (Å²) in [6, 6.07) is 17.4. The molecule has 1 nitrogen and oxygen atoms in total. The van der Waals surface area contributed by atoms with Gasteiger partial charge in [0.2, 0.25) is 0 Å². The monoisotopic (exact) mass is 317 g/mol. The summed E-state index contributed by atoms with van der Waals surface area (Å²) in [6.45, 7) is 0. The van der Waals surface area contributed by atoms with E-state index in [1.165, 1.54) is 32.6 Å². The van der Waals surface area contributed by atoms with Crippen molar-refractivity contribution in [2.24, 2.45) is 0 Å². The van der Waals surface area contributed by atoms with E-state index < -0.39 is 0 Å². The van der Waals surface area contributed by atoms with Crippen LogP contribution in [0, 0.1) is 0 Å². The van der Waals surface area contributed by atoms with E-state index in [0.717, 1.165) is 0 Å². The highest BCUT2D eigenvalue weighted by Gasteiger charge is 2.12. The van der Waals surface area contributed by atoms with Crippen molar-refractivity contribution in [1.29, 1.82) is 0 Å². The molecule has 0 fully saturated rings. The first-order valence-electron chi connectivity index (χ1n) is 5.26. The van der Waals surface area contributed by atoms with E-state index in [1.807, 2.05) is 0 Å². The predicted molar refractivity (Wildman–Crippen MR) is 77.6 cm³/mol. The van der Waals surface area contributed by atoms with Gasteiger partial charge in [-0.05, 0) is 22.9 Å². The smallest absolute Gasteiger partial charge is 0.0646 e. The number of rotatable bonds is 0. The van der Waals surface area contributed by atoms with Crippen molar-refractivity contribution in [3.63, 3.8) is 0 Å². The van der Waals surface area contributed by atoms with Gasteiger partial charge >= 0.3 is 0 Å². The Labute approximate surface area is 106 Å². The van der Waals surface area contributed by atoms with Crippen molar-refractivity contribution < 1.29 is 0 Å². The summed E-state index contributed by atoms with van der Waals surface area (Å²) >= 11 is 2.38. The highest BCUT2D eigenvalue weighted by molar-refractivity contribution is 14.1. The minimum absolute atomic E-state index is 1.31. The predicted octanol–water partition coefficient (Wildman–Crippen LogP) is 4.58. The summed E-state index contributed by atoms with van der Waals surface area (Å²) in [5, 5.41) is 5.45. The summed E-state index contributed by atoms with van der Waals surface area (Å²) < 4.78 is 2.25. The Bertz CT molecular complexity index is 746. The van der Waals surface area contributed by atoms with Crippen LogP contribution in [0.5, 0.6) is 0 Å². The van der Waals surface area contributed by atoms with Crippen LogP contribution in [0.3, 0.4) is 0 Å². The van der Waals surface area contributed by atoms with Crippen LogP contribution in [-0.2, 0) is 0 Å². The van der Waals surface area contributed by atoms with Crippen molar-refractivity contribution in [3.8, 4) is 0 Å². The Kier molecular flexibility index (Phi) is 1.59. The topological polar surface area (TPSA) is 4.93 Å². The Morgan fingerprint density at radius 1 is 0.688 bits per heavy atom. The molecule has 0 saturated carbocycles. The number of hydrogen-bond acceptors (Lipinski definition) is 0. The summed E-state index contributed by atoms with van der Waals surface area (Å²) in [4.78, 5) is 0. The SMILES string of the molecule is In1c2cccc3ccc4cccc1c4c32. The quantitative estimate of drug-likeness (QED) is 0.330. The molecule has 0 atom stereocenters. The Balaban J connectivity index is 2.55. The molecule has 0 radical (unpaired) electrons. The fourth-order valence-corrected chi connectivity index (χ4v) is 3.38. The van der Waals surface area contributed by atoms with E-state index >= 15 is 0 Å². The van der Waals surface area contributed by atoms with E-state index in [0.29, 0.717) is 0 Å². The third-order valence-electron chi connectivity index (χ3n) is 3.26. The zero-order chi connectivity index (χ0) is 10.7. The van der Waals surface area contributed by atoms with Crippen molar-refractivity contribution >= 4 is 55.4 Å². The molecule has 0 aliphatic carbocycles. The molecule has 16 heavy (non-hydrogen) atoms. The third kappa shape index (κ3) is 0.912. The van der Waals surface area contributed by atoms with Gasteiger partial charge in [0.1, 0.15) is 0 Å². The van der Waals surface area contributed by atoms with Crippen molar-refractivity contribution in [2.45, 2.75) is 0 Å². The zero-order valence-electron chi connectivity index (χ0n) is 8.44. The molecule has 0 saturated heterocycles. The van der Waals surface area contributed by atoms with Crippen molar-refractivity contribution in [2.75, 3.05) is 0 Å². The maximum absolute atomic E-state index is 2.38. The van der Waals surface area contributed by atoms with Gasteiger partial charge in [0.25, 0.3) is 0 Å². The lowest BCUT2D eigenvalue weighted by Crippen LogP contribution is -1.75. The van der Waals surface area contributed by atoms with E-state index in [4.69, 9.17) is 0 Å². The maximum Gasteiger partial charge on any atom is 0.0646 e. The first kappa shape index (κ1) is 8.82. The van der Waals surface area contributed by atoms with E-state index in [-0.39, 0.29) is 0 Å². The van der Waals surface area contributed by atoms with Gasteiger partial charge in [-0.15, -0.1) is 0 Å². The third-order valence-corrected chi connectivity index (χ3v) is 4.30. The Morgan fingerprint density at radius 2 is 1.19 bits per heavy atom. The number of halogens is 1. The van der Waals surface area contributed by atoms with Gasteiger partial charge < -0.3 is 0 Å². The van der Waals surface area contributed by atoms with Crippen molar-refractivity contribution in [1.82, 2.24) is 2.78 Å². The van der Waals surface area contributed by atoms with Crippen molar-refractivity contribution in [3.05, 3.63) is 48.5 Å². The molecule has 0 bridgehead atoms. The molecular weight excluding hydrogens is 309 g/mol. The van der Waals surface area contributed by atoms with Crippen LogP contribution in [-0.4, -0.2) is 2.78 Å². The number of benzene rings is 3. The molecule has 1 aromatic heterocycles. The van der Waals surface area contributed by atoms with Crippen LogP contribution >= 0.6 is 22.9 Å². The summed E-state index contributed by atoms with van der Waals surface area (Å²) in [5.74, 6) is 0. The second kappa shape index (κ2) is 2.88. The number of hydrogen-bond donors (Lipinski definition) is 0. The van der Waals surface area contributed by atoms with Gasteiger partial charge in [-0.2, -0.15) is 0 Å². The summed E-state index contributed by atoms with van der Waals surface area (Å²) in [7, 11) is 0. The Morgan fingerprint density at radius 3 is 1.69 bits per heavy atom. The highest BCUT2D eigenvalue weighted by Crippen LogP contribution is 2.37. The number of aromatic nitrogens is 1. The van der Waals surface area contributed by atoms with Crippen LogP contribution in [0.4, 0.5) is 0 Å². The minimum atomic E-state index is 1.31. The molecule has 2 heteroatoms. The van der Waals surface area contributed by atoms with Gasteiger partial charge in [-0.3, -0.25) is 2.78 Å². The standard InChI is InChI=1S/C14H8IN/c15-16-11-5-1-3-9-7-8-10-4-2-6-12(16)14(10)13(9)11/h1-8H. The first-order chi connectivity index (χ1) is 7.86. The van der Waals surface area contributed by atoms with Gasteiger partial charge in [0, 0.05) is 10.8 Å². The Hall–Kier alpha value is -1.29. The van der Waals surface area contributed by atoms with E-state index in [2.05, 4.69) is 74.2 Å². The minimum Gasteiger partial charge on any atom is -0.282 e. The number of nitrogens with zero attached hydrogens (tertiary/aromatic N) is 1. The van der Waals surface area contributed by atoms with E-state index in [1.54, 1.807) is 0 Å². The van der Waals surface area contributed by atoms with Gasteiger partial charge in [-0.25, -0.2) is 0 Å². The lowest BCUT2D eigenvalue weighted by atomic mass is 10.0. The average Bonchev–Trinajstić information content (AvgIpc) is 2.64. The second-order valence-electron chi connectivity index (χ2n) is 4.10. The fourth-order valence-electron chi connectivity index (χ4n) is 2.57. The van der Waals surface area contributed by atoms with Crippen LogP contribution in [0.15, 0.2) is 48.5 Å². The van der Waals surface area contributed by atoms with E-state index in [9.17, 15) is 0 Å². The largest absolute Gasteiger partial charge is 0.282 e. The molecule has 3 aromatic carbocycles.